The SMILES string of the molecule is N=C([Se])c1cn(COCc2ccccc2)c2ncnc(N)c12. The van der Waals surface area contributed by atoms with E-state index in [4.69, 9.17) is 15.9 Å². The van der Waals surface area contributed by atoms with E-state index in [-0.39, 0.29) is 0 Å². The molecule has 0 amide bonds. The number of anilines is 1. The number of rotatable bonds is 5. The van der Waals surface area contributed by atoms with Gasteiger partial charge in [0.05, 0.1) is 0 Å². The van der Waals surface area contributed by atoms with Crippen LogP contribution in [0.1, 0.15) is 11.1 Å². The number of aromatic nitrogens is 3. The standard InChI is InChI=1S/C15H14N5OSe/c16-13-12-11(14(17)22)6-20(15(12)19-8-18-13)9-21-7-10-4-2-1-3-5-10/h1-6,8,17H,7,9H2,(H2,16,18,19). The van der Waals surface area contributed by atoms with E-state index in [2.05, 4.69) is 26.0 Å². The molecule has 7 heteroatoms. The number of nitrogens with two attached hydrogens (primary N) is 1. The molecule has 0 saturated heterocycles. The summed E-state index contributed by atoms with van der Waals surface area (Å²) in [6.07, 6.45) is 3.22. The number of benzene rings is 1. The molecule has 0 bridgehead atoms. The fourth-order valence-corrected chi connectivity index (χ4v) is 2.58. The van der Waals surface area contributed by atoms with Crippen molar-refractivity contribution in [2.24, 2.45) is 0 Å². The number of hydrogen-bond donors (Lipinski definition) is 2. The quantitative estimate of drug-likeness (QED) is 0.536. The van der Waals surface area contributed by atoms with Crippen LogP contribution in [0.25, 0.3) is 11.0 Å². The van der Waals surface area contributed by atoms with E-state index in [0.717, 1.165) is 5.56 Å². The average molecular weight is 359 g/mol. The van der Waals surface area contributed by atoms with Crippen molar-refractivity contribution in [1.29, 1.82) is 5.41 Å². The summed E-state index contributed by atoms with van der Waals surface area (Å²) in [5, 5.41) is 8.49. The van der Waals surface area contributed by atoms with Crippen LogP contribution >= 0.6 is 0 Å². The summed E-state index contributed by atoms with van der Waals surface area (Å²) in [7, 11) is 0. The van der Waals surface area contributed by atoms with Gasteiger partial charge in [0.2, 0.25) is 0 Å². The van der Waals surface area contributed by atoms with Crippen molar-refractivity contribution in [2.45, 2.75) is 13.3 Å². The van der Waals surface area contributed by atoms with Crippen molar-refractivity contribution in [1.82, 2.24) is 14.5 Å². The van der Waals surface area contributed by atoms with Crippen LogP contribution in [0.2, 0.25) is 0 Å². The summed E-state index contributed by atoms with van der Waals surface area (Å²) in [6, 6.07) is 9.94. The van der Waals surface area contributed by atoms with Crippen LogP contribution in [-0.4, -0.2) is 35.2 Å². The van der Waals surface area contributed by atoms with Gasteiger partial charge in [-0.2, -0.15) is 0 Å². The maximum atomic E-state index is 7.82. The van der Waals surface area contributed by atoms with E-state index < -0.39 is 0 Å². The molecule has 3 rings (SSSR count). The molecule has 0 saturated carbocycles. The Kier molecular flexibility index (Phi) is 4.20. The van der Waals surface area contributed by atoms with Crippen LogP contribution in [0.15, 0.2) is 42.9 Å². The normalized spacial score (nSPS) is 10.9. The average Bonchev–Trinajstić information content (AvgIpc) is 2.89. The van der Waals surface area contributed by atoms with Crippen molar-refractivity contribution in [3.05, 3.63) is 54.0 Å². The molecule has 0 fully saturated rings. The summed E-state index contributed by atoms with van der Waals surface area (Å²) in [5.74, 6) is 0.363. The second-order valence-corrected chi connectivity index (χ2v) is 5.62. The molecule has 2 heterocycles. The van der Waals surface area contributed by atoms with Gasteiger partial charge in [0.25, 0.3) is 0 Å². The molecular weight excluding hydrogens is 345 g/mol. The molecule has 0 atom stereocenters. The van der Waals surface area contributed by atoms with E-state index in [0.29, 0.717) is 40.4 Å². The van der Waals surface area contributed by atoms with Crippen molar-refractivity contribution < 1.29 is 4.74 Å². The van der Waals surface area contributed by atoms with Gasteiger partial charge in [0, 0.05) is 0 Å². The van der Waals surface area contributed by atoms with E-state index in [9.17, 15) is 0 Å². The van der Waals surface area contributed by atoms with Gasteiger partial charge in [0.15, 0.2) is 0 Å². The maximum absolute atomic E-state index is 7.82. The Balaban J connectivity index is 1.85. The predicted molar refractivity (Wildman–Crippen MR) is 85.8 cm³/mol. The summed E-state index contributed by atoms with van der Waals surface area (Å²) in [4.78, 5) is 8.25. The van der Waals surface area contributed by atoms with Gasteiger partial charge in [-0.1, -0.05) is 0 Å². The van der Waals surface area contributed by atoms with Gasteiger partial charge in [-0.3, -0.25) is 0 Å². The molecule has 0 aliphatic heterocycles. The van der Waals surface area contributed by atoms with E-state index in [1.165, 1.54) is 6.33 Å². The van der Waals surface area contributed by atoms with Crippen LogP contribution in [0, 0.1) is 5.41 Å². The molecule has 0 spiro atoms. The summed E-state index contributed by atoms with van der Waals surface area (Å²) in [5.41, 5.74) is 8.35. The molecule has 0 aliphatic rings. The third kappa shape index (κ3) is 2.87. The van der Waals surface area contributed by atoms with E-state index in [1.807, 2.05) is 34.9 Å². The number of nitrogen functional groups attached to an aromatic ring is 1. The molecule has 2 aromatic heterocycles. The fourth-order valence-electron chi connectivity index (χ4n) is 2.25. The number of fused-ring (bicyclic) bond motifs is 1. The Bertz CT molecular complexity index is 815. The zero-order valence-electron chi connectivity index (χ0n) is 11.7. The van der Waals surface area contributed by atoms with Crippen molar-refractivity contribution >= 4 is 37.5 Å². The zero-order valence-corrected chi connectivity index (χ0v) is 13.4. The predicted octanol–water partition coefficient (Wildman–Crippen LogP) is 1.68. The van der Waals surface area contributed by atoms with Crippen LogP contribution in [-0.2, 0) is 18.1 Å². The first-order valence-corrected chi connectivity index (χ1v) is 7.49. The molecule has 6 nitrogen and oxygen atoms in total. The molecule has 0 unspecified atom stereocenters. The Morgan fingerprint density at radius 2 is 2.05 bits per heavy atom. The molecule has 1 radical (unpaired) electrons. The van der Waals surface area contributed by atoms with Gasteiger partial charge in [0.1, 0.15) is 0 Å². The molecule has 0 aliphatic carbocycles. The van der Waals surface area contributed by atoms with Crippen molar-refractivity contribution in [2.75, 3.05) is 5.73 Å². The van der Waals surface area contributed by atoms with Gasteiger partial charge in [-0.25, -0.2) is 0 Å². The Labute approximate surface area is 135 Å². The van der Waals surface area contributed by atoms with E-state index >= 15 is 0 Å². The zero-order chi connectivity index (χ0) is 15.5. The Hall–Kier alpha value is -2.21. The summed E-state index contributed by atoms with van der Waals surface area (Å²) >= 11 is 2.69. The molecule has 3 N–H and O–H groups in total. The van der Waals surface area contributed by atoms with Crippen LogP contribution in [0.5, 0.6) is 0 Å². The van der Waals surface area contributed by atoms with E-state index in [1.54, 1.807) is 6.20 Å². The van der Waals surface area contributed by atoms with Gasteiger partial charge >= 0.3 is 135 Å². The third-order valence-electron chi connectivity index (χ3n) is 3.27. The molecule has 22 heavy (non-hydrogen) atoms. The number of nitrogens with one attached hydrogen (secondary N) is 1. The number of ether oxygens (including phenoxy) is 1. The van der Waals surface area contributed by atoms with Gasteiger partial charge in [-0.15, -0.1) is 0 Å². The van der Waals surface area contributed by atoms with Crippen LogP contribution < -0.4 is 5.73 Å². The van der Waals surface area contributed by atoms with Crippen LogP contribution in [0.4, 0.5) is 5.82 Å². The molecule has 1 aromatic carbocycles. The van der Waals surface area contributed by atoms with Crippen molar-refractivity contribution in [3.63, 3.8) is 0 Å². The second-order valence-electron chi connectivity index (χ2n) is 4.76. The summed E-state index contributed by atoms with van der Waals surface area (Å²) < 4.78 is 7.86. The van der Waals surface area contributed by atoms with Crippen LogP contribution in [0.3, 0.4) is 0 Å². The fraction of sp³-hybridized carbons (Fsp3) is 0.133. The molecular formula is C15H14N5OSe. The second kappa shape index (κ2) is 6.27. The number of nitrogens with zero attached hydrogens (tertiary/aromatic N) is 3. The number of hydrogen-bond acceptors (Lipinski definition) is 5. The van der Waals surface area contributed by atoms with Gasteiger partial charge in [-0.05, 0) is 0 Å². The summed E-state index contributed by atoms with van der Waals surface area (Å²) in [6.45, 7) is 0.835. The first-order valence-electron chi connectivity index (χ1n) is 6.63. The Morgan fingerprint density at radius 1 is 1.27 bits per heavy atom. The Morgan fingerprint density at radius 3 is 2.77 bits per heavy atom. The third-order valence-corrected chi connectivity index (χ3v) is 3.73. The minimum absolute atomic E-state index is 0.299. The van der Waals surface area contributed by atoms with Gasteiger partial charge < -0.3 is 0 Å². The monoisotopic (exact) mass is 360 g/mol. The van der Waals surface area contributed by atoms with Crippen molar-refractivity contribution in [3.8, 4) is 0 Å². The molecule has 3 aromatic rings. The minimum atomic E-state index is 0.299. The molecule has 111 valence electrons. The first-order chi connectivity index (χ1) is 10.7. The first kappa shape index (κ1) is 14.7. The topological polar surface area (TPSA) is 89.8 Å².